The lowest BCUT2D eigenvalue weighted by atomic mass is 9.33. The first kappa shape index (κ1) is 25.5. The van der Waals surface area contributed by atoms with Crippen molar-refractivity contribution >= 4 is 44.9 Å². The molecule has 0 fully saturated rings. The molecule has 2 aliphatic heterocycles. The van der Waals surface area contributed by atoms with E-state index in [2.05, 4.69) is 143 Å². The van der Waals surface area contributed by atoms with Crippen molar-refractivity contribution in [2.24, 2.45) is 0 Å². The van der Waals surface area contributed by atoms with Crippen molar-refractivity contribution < 1.29 is 0 Å². The highest BCUT2D eigenvalue weighted by atomic mass is 15.0. The van der Waals surface area contributed by atoms with Gasteiger partial charge in [0.05, 0.1) is 10.9 Å². The maximum absolute atomic E-state index is 2.68. The van der Waals surface area contributed by atoms with Gasteiger partial charge in [-0.1, -0.05) is 124 Å². The third-order valence-corrected chi connectivity index (χ3v) is 11.2. The number of hydrogen-bond donors (Lipinski definition) is 0. The minimum atomic E-state index is -0.396. The molecule has 2 heteroatoms. The summed E-state index contributed by atoms with van der Waals surface area (Å²) in [5.74, 6) is 0. The maximum Gasteiger partial charge on any atom is 0.247 e. The van der Waals surface area contributed by atoms with Gasteiger partial charge in [0.25, 0.3) is 0 Å². The SMILES string of the molecule is Cc1cc(C)c(B2c3cc(C)cc4c3-n3c5c2cc(C)cc5c2cc(C)cc(c23)C42c3ccccc3-c3ccccc32)c(C)c1. The van der Waals surface area contributed by atoms with Crippen molar-refractivity contribution in [1.29, 1.82) is 0 Å². The van der Waals surface area contributed by atoms with Crippen LogP contribution in [0.25, 0.3) is 38.6 Å². The van der Waals surface area contributed by atoms with Crippen LogP contribution in [0, 0.1) is 41.5 Å². The van der Waals surface area contributed by atoms with Gasteiger partial charge in [0.1, 0.15) is 0 Å². The second-order valence-electron chi connectivity index (χ2n) is 14.1. The molecule has 3 aliphatic rings. The second kappa shape index (κ2) is 8.26. The normalized spacial score (nSPS) is 14.6. The summed E-state index contributed by atoms with van der Waals surface area (Å²) >= 11 is 0. The van der Waals surface area contributed by atoms with Crippen LogP contribution in [0.1, 0.15) is 55.6 Å². The minimum Gasteiger partial charge on any atom is -0.310 e. The molecule has 0 unspecified atom stereocenters. The van der Waals surface area contributed by atoms with Crippen LogP contribution in [0.2, 0.25) is 0 Å². The summed E-state index contributed by atoms with van der Waals surface area (Å²) in [6.45, 7) is 13.9. The van der Waals surface area contributed by atoms with Crippen molar-refractivity contribution in [3.63, 3.8) is 0 Å². The predicted molar refractivity (Wildman–Crippen MR) is 191 cm³/mol. The lowest BCUT2D eigenvalue weighted by Crippen LogP contribution is -2.59. The Morgan fingerprint density at radius 2 is 1.00 bits per heavy atom. The molecule has 0 N–H and O–H groups in total. The van der Waals surface area contributed by atoms with Gasteiger partial charge in [0.15, 0.2) is 0 Å². The Morgan fingerprint density at radius 3 is 1.67 bits per heavy atom. The van der Waals surface area contributed by atoms with E-state index >= 15 is 0 Å². The molecule has 0 radical (unpaired) electrons. The van der Waals surface area contributed by atoms with E-state index in [0.717, 1.165) is 0 Å². The highest BCUT2D eigenvalue weighted by Crippen LogP contribution is 2.61. The second-order valence-corrected chi connectivity index (χ2v) is 14.1. The number of aromatic nitrogens is 1. The quantitative estimate of drug-likeness (QED) is 0.174. The van der Waals surface area contributed by atoms with E-state index in [9.17, 15) is 0 Å². The molecule has 7 aromatic rings. The molecule has 0 amide bonds. The molecule has 0 bridgehead atoms. The molecular weight excluding hydrogens is 541 g/mol. The third kappa shape index (κ3) is 2.88. The van der Waals surface area contributed by atoms with Crippen LogP contribution in [-0.4, -0.2) is 11.3 Å². The summed E-state index contributed by atoms with van der Waals surface area (Å²) < 4.78 is 2.68. The molecule has 1 aromatic heterocycles. The lowest BCUT2D eigenvalue weighted by molar-refractivity contribution is 0.748. The predicted octanol–water partition coefficient (Wildman–Crippen LogP) is 8.14. The smallest absolute Gasteiger partial charge is 0.247 e. The van der Waals surface area contributed by atoms with Gasteiger partial charge in [-0.2, -0.15) is 0 Å². The van der Waals surface area contributed by atoms with E-state index in [0.29, 0.717) is 0 Å². The van der Waals surface area contributed by atoms with Crippen LogP contribution >= 0.6 is 0 Å². The molecular formula is C43H34BN. The third-order valence-electron chi connectivity index (χ3n) is 11.2. The zero-order valence-electron chi connectivity index (χ0n) is 26.8. The molecule has 0 atom stereocenters. The number of fused-ring (bicyclic) bond motifs is 8. The Kier molecular flexibility index (Phi) is 4.68. The van der Waals surface area contributed by atoms with Crippen molar-refractivity contribution in [1.82, 2.24) is 4.57 Å². The summed E-state index contributed by atoms with van der Waals surface area (Å²) in [6, 6.07) is 38.1. The standard InChI is InChI=1S/C43H34BN/c1-23-15-27(5)39(28(6)16-23)44-37-21-25(3)18-32-31-17-24(2)19-35-40(31)45(41(32)37)42-36(20-26(4)22-38(42)44)43(35)33-13-9-7-11-29(33)30-12-8-10-14-34(30)43/h7-22H,1-6H3. The van der Waals surface area contributed by atoms with Crippen molar-refractivity contribution in [2.45, 2.75) is 47.0 Å². The first-order chi connectivity index (χ1) is 21.8. The first-order valence-electron chi connectivity index (χ1n) is 16.3. The summed E-state index contributed by atoms with van der Waals surface area (Å²) in [6.07, 6.45) is 0. The van der Waals surface area contributed by atoms with E-state index in [4.69, 9.17) is 0 Å². The molecule has 214 valence electrons. The Morgan fingerprint density at radius 1 is 0.489 bits per heavy atom. The topological polar surface area (TPSA) is 4.93 Å². The molecule has 45 heavy (non-hydrogen) atoms. The monoisotopic (exact) mass is 575 g/mol. The number of hydrogen-bond acceptors (Lipinski definition) is 0. The van der Waals surface area contributed by atoms with Crippen LogP contribution in [0.4, 0.5) is 0 Å². The van der Waals surface area contributed by atoms with Crippen LogP contribution in [0.5, 0.6) is 0 Å². The first-order valence-corrected chi connectivity index (χ1v) is 16.3. The highest BCUT2D eigenvalue weighted by molar-refractivity contribution is 6.98. The van der Waals surface area contributed by atoms with E-state index in [1.54, 1.807) is 0 Å². The van der Waals surface area contributed by atoms with Gasteiger partial charge in [-0.3, -0.25) is 0 Å². The summed E-state index contributed by atoms with van der Waals surface area (Å²) in [5, 5.41) is 2.76. The van der Waals surface area contributed by atoms with Crippen LogP contribution in [0.3, 0.4) is 0 Å². The fourth-order valence-corrected chi connectivity index (χ4v) is 9.98. The average molecular weight is 576 g/mol. The van der Waals surface area contributed by atoms with Gasteiger partial charge >= 0.3 is 0 Å². The number of benzene rings is 6. The van der Waals surface area contributed by atoms with E-state index in [1.807, 2.05) is 0 Å². The van der Waals surface area contributed by atoms with Crippen molar-refractivity contribution in [3.05, 3.63) is 153 Å². The maximum atomic E-state index is 2.68. The molecule has 6 aromatic carbocycles. The largest absolute Gasteiger partial charge is 0.310 e. The Balaban J connectivity index is 1.52. The summed E-state index contributed by atoms with van der Waals surface area (Å²) in [5.41, 5.74) is 24.5. The van der Waals surface area contributed by atoms with Gasteiger partial charge in [0.2, 0.25) is 6.71 Å². The van der Waals surface area contributed by atoms with E-state index < -0.39 is 5.41 Å². The van der Waals surface area contributed by atoms with Gasteiger partial charge in [0, 0.05) is 22.0 Å². The summed E-state index contributed by atoms with van der Waals surface area (Å²) in [7, 11) is 0. The lowest BCUT2D eigenvalue weighted by Gasteiger charge is -2.43. The van der Waals surface area contributed by atoms with Crippen molar-refractivity contribution in [3.8, 4) is 16.8 Å². The fourth-order valence-electron chi connectivity index (χ4n) is 9.98. The zero-order valence-corrected chi connectivity index (χ0v) is 26.8. The fraction of sp³-hybridized carbons (Fsp3) is 0.163. The molecule has 1 spiro atoms. The minimum absolute atomic E-state index is 0.157. The van der Waals surface area contributed by atoms with Crippen molar-refractivity contribution in [2.75, 3.05) is 0 Å². The van der Waals surface area contributed by atoms with Crippen LogP contribution < -0.4 is 16.4 Å². The average Bonchev–Trinajstić information content (AvgIpc) is 3.48. The van der Waals surface area contributed by atoms with Crippen LogP contribution in [0.15, 0.2) is 97.1 Å². The molecule has 0 saturated heterocycles. The zero-order chi connectivity index (χ0) is 30.5. The molecule has 3 heterocycles. The Hall–Kier alpha value is -4.82. The molecule has 1 nitrogen and oxygen atoms in total. The van der Waals surface area contributed by atoms with E-state index in [1.165, 1.54) is 111 Å². The Labute approximate surface area is 265 Å². The number of nitrogens with zero attached hydrogens (tertiary/aromatic N) is 1. The van der Waals surface area contributed by atoms with E-state index in [-0.39, 0.29) is 6.71 Å². The molecule has 10 rings (SSSR count). The van der Waals surface area contributed by atoms with Gasteiger partial charge in [-0.05, 0) is 98.0 Å². The highest BCUT2D eigenvalue weighted by Gasteiger charge is 2.53. The Bertz CT molecular complexity index is 2440. The number of rotatable bonds is 1. The van der Waals surface area contributed by atoms with Crippen LogP contribution in [-0.2, 0) is 5.41 Å². The number of aryl methyl sites for hydroxylation is 6. The van der Waals surface area contributed by atoms with Gasteiger partial charge in [-0.25, -0.2) is 0 Å². The van der Waals surface area contributed by atoms with Gasteiger partial charge < -0.3 is 4.57 Å². The van der Waals surface area contributed by atoms with Gasteiger partial charge in [-0.15, -0.1) is 0 Å². The molecule has 1 aliphatic carbocycles. The summed E-state index contributed by atoms with van der Waals surface area (Å²) in [4.78, 5) is 0. The molecule has 0 saturated carbocycles.